The van der Waals surface area contributed by atoms with Crippen LogP contribution in [0, 0.1) is 6.92 Å². The average molecular weight is 354 g/mol. The van der Waals surface area contributed by atoms with Crippen molar-refractivity contribution in [2.45, 2.75) is 25.7 Å². The minimum Gasteiger partial charge on any atom is -0.508 e. The van der Waals surface area contributed by atoms with Crippen LogP contribution < -0.4 is 10.1 Å². The Morgan fingerprint density at radius 2 is 1.96 bits per heavy atom. The van der Waals surface area contributed by atoms with Crippen LogP contribution in [0.2, 0.25) is 0 Å². The lowest BCUT2D eigenvalue weighted by Crippen LogP contribution is -2.45. The molecule has 138 valence electrons. The number of nitrogens with one attached hydrogen (secondary N) is 1. The summed E-state index contributed by atoms with van der Waals surface area (Å²) in [5, 5.41) is 12.5. The first-order valence-corrected chi connectivity index (χ1v) is 9.13. The van der Waals surface area contributed by atoms with Gasteiger partial charge in [-0.25, -0.2) is 4.79 Å². The zero-order valence-electron chi connectivity index (χ0n) is 15.1. The molecule has 2 aromatic rings. The first-order valence-electron chi connectivity index (χ1n) is 9.13. The van der Waals surface area contributed by atoms with Gasteiger partial charge in [0, 0.05) is 13.1 Å². The van der Waals surface area contributed by atoms with E-state index in [-0.39, 0.29) is 6.03 Å². The molecule has 2 N–H and O–H groups in total. The van der Waals surface area contributed by atoms with E-state index in [1.54, 1.807) is 6.07 Å². The van der Waals surface area contributed by atoms with Crippen LogP contribution in [0.1, 0.15) is 29.9 Å². The number of phenolic OH excluding ortho intramolecular Hbond substituents is 1. The number of hydrogen-bond acceptors (Lipinski definition) is 3. The summed E-state index contributed by atoms with van der Waals surface area (Å²) in [5.41, 5.74) is 2.24. The molecule has 0 bridgehead atoms. The Morgan fingerprint density at radius 3 is 2.69 bits per heavy atom. The fraction of sp³-hybridized carbons (Fsp3) is 0.381. The molecule has 1 aliphatic rings. The molecule has 2 amide bonds. The third kappa shape index (κ3) is 4.69. The minimum atomic E-state index is -0.0345. The van der Waals surface area contributed by atoms with Crippen molar-refractivity contribution in [1.82, 2.24) is 10.2 Å². The molecular formula is C21H26N2O3. The highest BCUT2D eigenvalue weighted by atomic mass is 16.5. The smallest absolute Gasteiger partial charge is 0.317 e. The third-order valence-electron chi connectivity index (χ3n) is 4.85. The molecule has 0 atom stereocenters. The molecular weight excluding hydrogens is 328 g/mol. The van der Waals surface area contributed by atoms with Crippen molar-refractivity contribution >= 4 is 6.03 Å². The lowest BCUT2D eigenvalue weighted by atomic mass is 9.89. The predicted molar refractivity (Wildman–Crippen MR) is 102 cm³/mol. The number of amides is 2. The van der Waals surface area contributed by atoms with E-state index in [0.29, 0.717) is 24.8 Å². The van der Waals surface area contributed by atoms with Crippen molar-refractivity contribution in [2.24, 2.45) is 0 Å². The molecule has 26 heavy (non-hydrogen) atoms. The van der Waals surface area contributed by atoms with Gasteiger partial charge in [-0.3, -0.25) is 0 Å². The molecule has 1 saturated heterocycles. The number of hydrogen-bond donors (Lipinski definition) is 2. The van der Waals surface area contributed by atoms with Crippen LogP contribution in [0.15, 0.2) is 48.5 Å². The van der Waals surface area contributed by atoms with Crippen molar-refractivity contribution in [1.29, 1.82) is 0 Å². The van der Waals surface area contributed by atoms with Gasteiger partial charge in [-0.15, -0.1) is 0 Å². The standard InChI is InChI=1S/C21H26N2O3/c1-16-5-2-3-8-20(16)26-14-11-22-21(25)23-12-9-17(10-13-23)18-6-4-7-19(24)15-18/h2-8,15,17,24H,9-14H2,1H3,(H,22,25). The fourth-order valence-corrected chi connectivity index (χ4v) is 3.34. The van der Waals surface area contributed by atoms with Gasteiger partial charge in [0.05, 0.1) is 6.54 Å². The number of para-hydroxylation sites is 1. The molecule has 5 heteroatoms. The number of rotatable bonds is 5. The summed E-state index contributed by atoms with van der Waals surface area (Å²) in [7, 11) is 0. The van der Waals surface area contributed by atoms with Crippen LogP contribution >= 0.6 is 0 Å². The van der Waals surface area contributed by atoms with Gasteiger partial charge < -0.3 is 20.1 Å². The monoisotopic (exact) mass is 354 g/mol. The molecule has 0 aliphatic carbocycles. The van der Waals surface area contributed by atoms with E-state index in [9.17, 15) is 9.90 Å². The van der Waals surface area contributed by atoms with Gasteiger partial charge in [-0.2, -0.15) is 0 Å². The number of phenols is 1. The Kier molecular flexibility index (Phi) is 6.00. The number of urea groups is 1. The first-order chi connectivity index (χ1) is 12.6. The van der Waals surface area contributed by atoms with Gasteiger partial charge in [0.2, 0.25) is 0 Å². The van der Waals surface area contributed by atoms with Crippen LogP contribution in [0.5, 0.6) is 11.5 Å². The lowest BCUT2D eigenvalue weighted by molar-refractivity contribution is 0.179. The highest BCUT2D eigenvalue weighted by molar-refractivity contribution is 5.74. The second-order valence-electron chi connectivity index (χ2n) is 6.70. The van der Waals surface area contributed by atoms with Crippen LogP contribution in [0.4, 0.5) is 4.79 Å². The second-order valence-corrected chi connectivity index (χ2v) is 6.70. The molecule has 0 saturated carbocycles. The van der Waals surface area contributed by atoms with E-state index in [1.165, 1.54) is 0 Å². The number of piperidine rings is 1. The SMILES string of the molecule is Cc1ccccc1OCCNC(=O)N1CCC(c2cccc(O)c2)CC1. The fourth-order valence-electron chi connectivity index (χ4n) is 3.34. The van der Waals surface area contributed by atoms with E-state index in [1.807, 2.05) is 54.3 Å². The number of likely N-dealkylation sites (tertiary alicyclic amines) is 1. The van der Waals surface area contributed by atoms with E-state index in [4.69, 9.17) is 4.74 Å². The summed E-state index contributed by atoms with van der Waals surface area (Å²) in [4.78, 5) is 14.1. The lowest BCUT2D eigenvalue weighted by Gasteiger charge is -2.32. The van der Waals surface area contributed by atoms with Gasteiger partial charge in [0.15, 0.2) is 0 Å². The number of carbonyl (C=O) groups excluding carboxylic acids is 1. The van der Waals surface area contributed by atoms with Crippen LogP contribution in [-0.2, 0) is 0 Å². The highest BCUT2D eigenvalue weighted by Crippen LogP contribution is 2.29. The van der Waals surface area contributed by atoms with Crippen molar-refractivity contribution in [2.75, 3.05) is 26.2 Å². The molecule has 0 unspecified atom stereocenters. The zero-order chi connectivity index (χ0) is 18.4. The number of carbonyl (C=O) groups is 1. The minimum absolute atomic E-state index is 0.0345. The number of aryl methyl sites for hydroxylation is 1. The Balaban J connectivity index is 1.39. The van der Waals surface area contributed by atoms with Crippen LogP contribution in [0.3, 0.4) is 0 Å². The molecule has 1 aliphatic heterocycles. The number of aromatic hydroxyl groups is 1. The molecule has 1 heterocycles. The molecule has 2 aromatic carbocycles. The van der Waals surface area contributed by atoms with Crippen LogP contribution in [0.25, 0.3) is 0 Å². The zero-order valence-corrected chi connectivity index (χ0v) is 15.1. The van der Waals surface area contributed by atoms with E-state index in [0.717, 1.165) is 42.8 Å². The van der Waals surface area contributed by atoms with E-state index >= 15 is 0 Å². The Labute approximate surface area is 154 Å². The van der Waals surface area contributed by atoms with Gasteiger partial charge in [-0.05, 0) is 55.0 Å². The number of benzene rings is 2. The topological polar surface area (TPSA) is 61.8 Å². The van der Waals surface area contributed by atoms with Crippen molar-refractivity contribution in [3.63, 3.8) is 0 Å². The largest absolute Gasteiger partial charge is 0.508 e. The maximum absolute atomic E-state index is 12.3. The molecule has 3 rings (SSSR count). The van der Waals surface area contributed by atoms with E-state index < -0.39 is 0 Å². The van der Waals surface area contributed by atoms with Gasteiger partial charge >= 0.3 is 6.03 Å². The Bertz CT molecular complexity index is 740. The van der Waals surface area contributed by atoms with Gasteiger partial charge in [-0.1, -0.05) is 30.3 Å². The summed E-state index contributed by atoms with van der Waals surface area (Å²) < 4.78 is 5.70. The summed E-state index contributed by atoms with van der Waals surface area (Å²) in [6.07, 6.45) is 1.83. The first kappa shape index (κ1) is 18.1. The summed E-state index contributed by atoms with van der Waals surface area (Å²) in [6.45, 7) is 4.40. The van der Waals surface area contributed by atoms with E-state index in [2.05, 4.69) is 5.32 Å². The highest BCUT2D eigenvalue weighted by Gasteiger charge is 2.23. The summed E-state index contributed by atoms with van der Waals surface area (Å²) in [5.74, 6) is 1.56. The molecule has 1 fully saturated rings. The van der Waals surface area contributed by atoms with Crippen molar-refractivity contribution in [3.8, 4) is 11.5 Å². The number of ether oxygens (including phenoxy) is 1. The van der Waals surface area contributed by atoms with Gasteiger partial charge in [0.1, 0.15) is 18.1 Å². The van der Waals surface area contributed by atoms with Crippen molar-refractivity contribution in [3.05, 3.63) is 59.7 Å². The normalized spacial score (nSPS) is 14.9. The molecule has 0 radical (unpaired) electrons. The van der Waals surface area contributed by atoms with Gasteiger partial charge in [0.25, 0.3) is 0 Å². The third-order valence-corrected chi connectivity index (χ3v) is 4.85. The average Bonchev–Trinajstić information content (AvgIpc) is 2.66. The quantitative estimate of drug-likeness (QED) is 0.806. The number of nitrogens with zero attached hydrogens (tertiary/aromatic N) is 1. The predicted octanol–water partition coefficient (Wildman–Crippen LogP) is 3.67. The second kappa shape index (κ2) is 8.61. The Morgan fingerprint density at radius 1 is 1.19 bits per heavy atom. The van der Waals surface area contributed by atoms with Crippen molar-refractivity contribution < 1.29 is 14.6 Å². The molecule has 0 aromatic heterocycles. The Hall–Kier alpha value is -2.69. The summed E-state index contributed by atoms with van der Waals surface area (Å²) >= 11 is 0. The maximum atomic E-state index is 12.3. The molecule has 5 nitrogen and oxygen atoms in total. The maximum Gasteiger partial charge on any atom is 0.317 e. The molecule has 0 spiro atoms. The summed E-state index contributed by atoms with van der Waals surface area (Å²) in [6, 6.07) is 15.2. The van der Waals surface area contributed by atoms with Crippen LogP contribution in [-0.4, -0.2) is 42.3 Å².